The summed E-state index contributed by atoms with van der Waals surface area (Å²) in [4.78, 5) is 3.61. The molecule has 0 aliphatic heterocycles. The number of alkyl halides is 3. The van der Waals surface area contributed by atoms with Gasteiger partial charge in [-0.15, -0.1) is 0 Å². The van der Waals surface area contributed by atoms with Crippen LogP contribution in [-0.2, 0) is 12.6 Å². The van der Waals surface area contributed by atoms with E-state index in [0.717, 1.165) is 11.6 Å². The van der Waals surface area contributed by atoms with Crippen LogP contribution in [0.15, 0.2) is 12.1 Å². The minimum atomic E-state index is -4.37. The molecule has 0 saturated carbocycles. The van der Waals surface area contributed by atoms with E-state index in [1.807, 2.05) is 6.92 Å². The number of pyridine rings is 1. The van der Waals surface area contributed by atoms with Gasteiger partial charge in [0.25, 0.3) is 0 Å². The van der Waals surface area contributed by atoms with E-state index in [-0.39, 0.29) is 5.25 Å². The van der Waals surface area contributed by atoms with Crippen LogP contribution >= 0.6 is 12.6 Å². The van der Waals surface area contributed by atoms with Crippen LogP contribution < -0.4 is 0 Å². The highest BCUT2D eigenvalue weighted by molar-refractivity contribution is 7.80. The SMILES string of the molecule is CCc1nc(C(F)(F)F)ccc1C(C)S. The Morgan fingerprint density at radius 3 is 2.40 bits per heavy atom. The molecular formula is C10H12F3NS. The van der Waals surface area contributed by atoms with Crippen molar-refractivity contribution in [3.63, 3.8) is 0 Å². The lowest BCUT2D eigenvalue weighted by atomic mass is 10.1. The van der Waals surface area contributed by atoms with Gasteiger partial charge < -0.3 is 0 Å². The summed E-state index contributed by atoms with van der Waals surface area (Å²) in [6.07, 6.45) is -3.90. The second kappa shape index (κ2) is 4.43. The number of nitrogens with zero attached hydrogens (tertiary/aromatic N) is 1. The largest absolute Gasteiger partial charge is 0.433 e. The van der Waals surface area contributed by atoms with Crippen molar-refractivity contribution >= 4 is 12.6 Å². The molecule has 5 heteroatoms. The van der Waals surface area contributed by atoms with Crippen LogP contribution in [0.5, 0.6) is 0 Å². The number of thiol groups is 1. The Balaban J connectivity index is 3.19. The van der Waals surface area contributed by atoms with Gasteiger partial charge in [-0.05, 0) is 25.0 Å². The summed E-state index contributed by atoms with van der Waals surface area (Å²) in [5.74, 6) is 0. The predicted molar refractivity (Wildman–Crippen MR) is 56.0 cm³/mol. The number of aryl methyl sites for hydroxylation is 1. The molecule has 1 rings (SSSR count). The average molecular weight is 235 g/mol. The van der Waals surface area contributed by atoms with E-state index < -0.39 is 11.9 Å². The van der Waals surface area contributed by atoms with Gasteiger partial charge in [0.15, 0.2) is 0 Å². The molecule has 0 saturated heterocycles. The monoisotopic (exact) mass is 235 g/mol. The van der Waals surface area contributed by atoms with Crippen LogP contribution in [0, 0.1) is 0 Å². The zero-order valence-electron chi connectivity index (χ0n) is 8.47. The van der Waals surface area contributed by atoms with Crippen LogP contribution in [0.4, 0.5) is 13.2 Å². The highest BCUT2D eigenvalue weighted by Crippen LogP contribution is 2.30. The van der Waals surface area contributed by atoms with E-state index in [9.17, 15) is 13.2 Å². The van der Waals surface area contributed by atoms with Crippen molar-refractivity contribution in [3.8, 4) is 0 Å². The van der Waals surface area contributed by atoms with Gasteiger partial charge in [-0.25, -0.2) is 4.98 Å². The third kappa shape index (κ3) is 2.87. The highest BCUT2D eigenvalue weighted by atomic mass is 32.1. The van der Waals surface area contributed by atoms with E-state index in [2.05, 4.69) is 17.6 Å². The fourth-order valence-corrected chi connectivity index (χ4v) is 1.57. The predicted octanol–water partition coefficient (Wildman–Crippen LogP) is 3.65. The van der Waals surface area contributed by atoms with Crippen LogP contribution in [0.1, 0.15) is 36.0 Å². The Kier molecular flexibility index (Phi) is 3.65. The maximum atomic E-state index is 12.4. The fraction of sp³-hybridized carbons (Fsp3) is 0.500. The second-order valence-corrected chi connectivity index (χ2v) is 4.03. The number of hydrogen-bond acceptors (Lipinski definition) is 2. The van der Waals surface area contributed by atoms with Crippen molar-refractivity contribution in [2.75, 3.05) is 0 Å². The van der Waals surface area contributed by atoms with Crippen molar-refractivity contribution in [2.45, 2.75) is 31.7 Å². The molecule has 0 radical (unpaired) electrons. The molecule has 1 aromatic heterocycles. The van der Waals surface area contributed by atoms with Crippen molar-refractivity contribution in [3.05, 3.63) is 29.1 Å². The topological polar surface area (TPSA) is 12.9 Å². The van der Waals surface area contributed by atoms with Gasteiger partial charge in [-0.1, -0.05) is 13.0 Å². The molecule has 84 valence electrons. The normalized spacial score (nSPS) is 14.0. The number of halogens is 3. The van der Waals surface area contributed by atoms with E-state index in [1.165, 1.54) is 6.07 Å². The maximum Gasteiger partial charge on any atom is 0.433 e. The Morgan fingerprint density at radius 1 is 1.40 bits per heavy atom. The first-order valence-corrected chi connectivity index (χ1v) is 5.13. The Bertz CT molecular complexity index is 347. The molecular weight excluding hydrogens is 223 g/mol. The quantitative estimate of drug-likeness (QED) is 0.772. The van der Waals surface area contributed by atoms with Gasteiger partial charge in [0.2, 0.25) is 0 Å². The first-order chi connectivity index (χ1) is 6.86. The van der Waals surface area contributed by atoms with Crippen LogP contribution in [0.3, 0.4) is 0 Å². The van der Waals surface area contributed by atoms with Crippen molar-refractivity contribution in [1.29, 1.82) is 0 Å². The summed E-state index contributed by atoms with van der Waals surface area (Å²) >= 11 is 4.20. The molecule has 15 heavy (non-hydrogen) atoms. The van der Waals surface area contributed by atoms with E-state index in [1.54, 1.807) is 6.92 Å². The number of hydrogen-bond donors (Lipinski definition) is 1. The van der Waals surface area contributed by atoms with Gasteiger partial charge in [0.1, 0.15) is 5.69 Å². The minimum absolute atomic E-state index is 0.102. The summed E-state index contributed by atoms with van der Waals surface area (Å²) in [5, 5.41) is -0.102. The van der Waals surface area contributed by atoms with Gasteiger partial charge in [0.05, 0.1) is 0 Å². The summed E-state index contributed by atoms with van der Waals surface area (Å²) in [7, 11) is 0. The van der Waals surface area contributed by atoms with Gasteiger partial charge in [-0.3, -0.25) is 0 Å². The Morgan fingerprint density at radius 2 is 2.00 bits per heavy atom. The first kappa shape index (κ1) is 12.4. The molecule has 0 N–H and O–H groups in total. The van der Waals surface area contributed by atoms with Crippen molar-refractivity contribution in [2.24, 2.45) is 0 Å². The zero-order chi connectivity index (χ0) is 11.6. The summed E-state index contributed by atoms with van der Waals surface area (Å²) in [6, 6.07) is 2.45. The number of aromatic nitrogens is 1. The van der Waals surface area contributed by atoms with Gasteiger partial charge >= 0.3 is 6.18 Å². The van der Waals surface area contributed by atoms with Gasteiger partial charge in [0, 0.05) is 10.9 Å². The first-order valence-electron chi connectivity index (χ1n) is 4.61. The van der Waals surface area contributed by atoms with Crippen molar-refractivity contribution < 1.29 is 13.2 Å². The minimum Gasteiger partial charge on any atom is -0.248 e. The molecule has 1 unspecified atom stereocenters. The molecule has 0 amide bonds. The molecule has 0 aliphatic carbocycles. The second-order valence-electron chi connectivity index (χ2n) is 3.26. The summed E-state index contributed by atoms with van der Waals surface area (Å²) < 4.78 is 37.1. The standard InChI is InChI=1S/C10H12F3NS/c1-3-8-7(6(2)15)4-5-9(14-8)10(11,12)13/h4-6,15H,3H2,1-2H3. The molecule has 1 aromatic rings. The zero-order valence-corrected chi connectivity index (χ0v) is 9.36. The molecule has 1 nitrogen and oxygen atoms in total. The van der Waals surface area contributed by atoms with Crippen molar-refractivity contribution in [1.82, 2.24) is 4.98 Å². The van der Waals surface area contributed by atoms with Crippen LogP contribution in [0.25, 0.3) is 0 Å². The fourth-order valence-electron chi connectivity index (χ4n) is 1.33. The Labute approximate surface area is 92.1 Å². The van der Waals surface area contributed by atoms with E-state index in [0.29, 0.717) is 12.1 Å². The molecule has 0 aliphatic rings. The molecule has 0 spiro atoms. The Hall–Kier alpha value is -0.710. The lowest BCUT2D eigenvalue weighted by Gasteiger charge is -2.13. The molecule has 0 bridgehead atoms. The molecule has 0 fully saturated rings. The summed E-state index contributed by atoms with van der Waals surface area (Å²) in [6.45, 7) is 3.59. The van der Waals surface area contributed by atoms with E-state index >= 15 is 0 Å². The highest BCUT2D eigenvalue weighted by Gasteiger charge is 2.32. The lowest BCUT2D eigenvalue weighted by molar-refractivity contribution is -0.141. The lowest BCUT2D eigenvalue weighted by Crippen LogP contribution is -2.11. The van der Waals surface area contributed by atoms with Crippen LogP contribution in [-0.4, -0.2) is 4.98 Å². The summed E-state index contributed by atoms with van der Waals surface area (Å²) in [5.41, 5.74) is 0.387. The number of rotatable bonds is 2. The molecule has 1 heterocycles. The van der Waals surface area contributed by atoms with Crippen LogP contribution in [0.2, 0.25) is 0 Å². The maximum absolute atomic E-state index is 12.4. The average Bonchev–Trinajstić information content (AvgIpc) is 2.15. The smallest absolute Gasteiger partial charge is 0.248 e. The molecule has 0 aromatic carbocycles. The third-order valence-corrected chi connectivity index (χ3v) is 2.36. The van der Waals surface area contributed by atoms with Gasteiger partial charge in [-0.2, -0.15) is 25.8 Å². The van der Waals surface area contributed by atoms with E-state index in [4.69, 9.17) is 0 Å². The molecule has 1 atom stereocenters. The third-order valence-electron chi connectivity index (χ3n) is 2.08.